The molecular weight excluding hydrogens is 287 g/mol. The van der Waals surface area contributed by atoms with Crippen molar-refractivity contribution in [3.05, 3.63) is 51.4 Å². The standard InChI is InChI=1S/C16H15FN2OS/c1-10-13(12-6-4-3-5-7-12)14-15(21-10)18-11(2)19(9-8-17)16(14)20/h3-7H,8-9H2,1-2H3. The van der Waals surface area contributed by atoms with E-state index in [1.807, 2.05) is 37.3 Å². The minimum absolute atomic E-state index is 0.0523. The van der Waals surface area contributed by atoms with E-state index in [1.54, 1.807) is 6.92 Å². The summed E-state index contributed by atoms with van der Waals surface area (Å²) in [5.41, 5.74) is 1.76. The first kappa shape index (κ1) is 13.9. The molecule has 0 bridgehead atoms. The Balaban J connectivity index is 2.38. The van der Waals surface area contributed by atoms with E-state index in [9.17, 15) is 9.18 Å². The van der Waals surface area contributed by atoms with Crippen molar-refractivity contribution >= 4 is 21.6 Å². The number of rotatable bonds is 3. The number of aryl methyl sites for hydroxylation is 2. The maximum absolute atomic E-state index is 12.7. The molecule has 3 aromatic rings. The molecule has 0 aliphatic heterocycles. The van der Waals surface area contributed by atoms with E-state index in [2.05, 4.69) is 4.98 Å². The lowest BCUT2D eigenvalue weighted by Crippen LogP contribution is -2.24. The van der Waals surface area contributed by atoms with Crippen molar-refractivity contribution in [1.29, 1.82) is 0 Å². The molecule has 0 aliphatic carbocycles. The van der Waals surface area contributed by atoms with Gasteiger partial charge in [-0.3, -0.25) is 9.36 Å². The number of thiophene rings is 1. The molecule has 0 saturated carbocycles. The van der Waals surface area contributed by atoms with Gasteiger partial charge in [0, 0.05) is 10.4 Å². The van der Waals surface area contributed by atoms with Crippen molar-refractivity contribution in [3.63, 3.8) is 0 Å². The molecule has 0 radical (unpaired) electrons. The summed E-state index contributed by atoms with van der Waals surface area (Å²) in [4.78, 5) is 19.0. The van der Waals surface area contributed by atoms with Crippen molar-refractivity contribution in [1.82, 2.24) is 9.55 Å². The van der Waals surface area contributed by atoms with E-state index in [1.165, 1.54) is 15.9 Å². The Hall–Kier alpha value is -2.01. The summed E-state index contributed by atoms with van der Waals surface area (Å²) in [6.07, 6.45) is 0. The Kier molecular flexibility index (Phi) is 3.59. The Labute approximate surface area is 125 Å². The molecule has 5 heteroatoms. The number of hydrogen-bond donors (Lipinski definition) is 0. The van der Waals surface area contributed by atoms with Gasteiger partial charge in [0.1, 0.15) is 17.3 Å². The molecule has 0 amide bonds. The predicted octanol–water partition coefficient (Wildman–Crippen LogP) is 3.71. The van der Waals surface area contributed by atoms with Gasteiger partial charge in [-0.25, -0.2) is 9.37 Å². The van der Waals surface area contributed by atoms with Gasteiger partial charge in [0.05, 0.1) is 11.9 Å². The summed E-state index contributed by atoms with van der Waals surface area (Å²) < 4.78 is 14.1. The van der Waals surface area contributed by atoms with Crippen LogP contribution in [0.25, 0.3) is 21.3 Å². The van der Waals surface area contributed by atoms with Gasteiger partial charge in [-0.2, -0.15) is 0 Å². The number of halogens is 1. The smallest absolute Gasteiger partial charge is 0.262 e. The Morgan fingerprint density at radius 3 is 2.62 bits per heavy atom. The highest BCUT2D eigenvalue weighted by Gasteiger charge is 2.18. The van der Waals surface area contributed by atoms with E-state index in [0.29, 0.717) is 11.2 Å². The zero-order chi connectivity index (χ0) is 15.0. The lowest BCUT2D eigenvalue weighted by atomic mass is 10.0. The number of hydrogen-bond acceptors (Lipinski definition) is 3. The van der Waals surface area contributed by atoms with Gasteiger partial charge in [0.15, 0.2) is 0 Å². The fraction of sp³-hybridized carbons (Fsp3) is 0.250. The quantitative estimate of drug-likeness (QED) is 0.739. The van der Waals surface area contributed by atoms with Crippen LogP contribution in [-0.4, -0.2) is 16.2 Å². The maximum atomic E-state index is 12.7. The largest absolute Gasteiger partial charge is 0.294 e. The zero-order valence-corrected chi connectivity index (χ0v) is 12.7. The molecule has 0 N–H and O–H groups in total. The van der Waals surface area contributed by atoms with Crippen LogP contribution in [0.15, 0.2) is 35.1 Å². The zero-order valence-electron chi connectivity index (χ0n) is 11.9. The van der Waals surface area contributed by atoms with Crippen molar-refractivity contribution in [2.75, 3.05) is 6.67 Å². The van der Waals surface area contributed by atoms with Crippen LogP contribution in [0.4, 0.5) is 4.39 Å². The summed E-state index contributed by atoms with van der Waals surface area (Å²) in [7, 11) is 0. The van der Waals surface area contributed by atoms with Gasteiger partial charge >= 0.3 is 0 Å². The highest BCUT2D eigenvalue weighted by Crippen LogP contribution is 2.35. The molecule has 0 spiro atoms. The van der Waals surface area contributed by atoms with Gasteiger partial charge in [0.2, 0.25) is 0 Å². The molecule has 2 heterocycles. The fourth-order valence-corrected chi connectivity index (χ4v) is 3.68. The summed E-state index contributed by atoms with van der Waals surface area (Å²) in [5.74, 6) is 0.561. The highest BCUT2D eigenvalue weighted by molar-refractivity contribution is 7.19. The lowest BCUT2D eigenvalue weighted by molar-refractivity contribution is 0.435. The second-order valence-corrected chi connectivity index (χ2v) is 6.09. The Bertz CT molecular complexity index is 852. The van der Waals surface area contributed by atoms with Crippen molar-refractivity contribution in [3.8, 4) is 11.1 Å². The molecule has 2 aromatic heterocycles. The number of alkyl halides is 1. The molecule has 3 rings (SSSR count). The van der Waals surface area contributed by atoms with Crippen molar-refractivity contribution in [2.24, 2.45) is 0 Å². The summed E-state index contributed by atoms with van der Waals surface area (Å²) in [5, 5.41) is 0.600. The van der Waals surface area contributed by atoms with Crippen LogP contribution >= 0.6 is 11.3 Å². The second-order valence-electron chi connectivity index (χ2n) is 4.88. The normalized spacial score (nSPS) is 11.2. The minimum Gasteiger partial charge on any atom is -0.294 e. The van der Waals surface area contributed by atoms with Crippen LogP contribution in [-0.2, 0) is 6.54 Å². The number of nitrogens with zero attached hydrogens (tertiary/aromatic N) is 2. The van der Waals surface area contributed by atoms with E-state index in [4.69, 9.17) is 0 Å². The molecule has 3 nitrogen and oxygen atoms in total. The van der Waals surface area contributed by atoms with Crippen LogP contribution in [0.1, 0.15) is 10.7 Å². The average molecular weight is 302 g/mol. The molecular formula is C16H15FN2OS. The van der Waals surface area contributed by atoms with Gasteiger partial charge in [-0.15, -0.1) is 11.3 Å². The molecule has 1 aromatic carbocycles. The maximum Gasteiger partial charge on any atom is 0.262 e. The molecule has 108 valence electrons. The van der Waals surface area contributed by atoms with Crippen LogP contribution in [0.5, 0.6) is 0 Å². The molecule has 0 fully saturated rings. The number of benzene rings is 1. The summed E-state index contributed by atoms with van der Waals surface area (Å²) in [6.45, 7) is 3.21. The topological polar surface area (TPSA) is 34.9 Å². The van der Waals surface area contributed by atoms with E-state index < -0.39 is 6.67 Å². The fourth-order valence-electron chi connectivity index (χ4n) is 2.60. The van der Waals surface area contributed by atoms with Gasteiger partial charge < -0.3 is 0 Å². The van der Waals surface area contributed by atoms with Gasteiger partial charge in [-0.1, -0.05) is 30.3 Å². The molecule has 0 saturated heterocycles. The summed E-state index contributed by atoms with van der Waals surface area (Å²) in [6, 6.07) is 9.79. The predicted molar refractivity (Wildman–Crippen MR) is 84.8 cm³/mol. The average Bonchev–Trinajstić information content (AvgIpc) is 2.80. The molecule has 21 heavy (non-hydrogen) atoms. The van der Waals surface area contributed by atoms with Crippen LogP contribution in [0, 0.1) is 13.8 Å². The van der Waals surface area contributed by atoms with Crippen LogP contribution in [0.2, 0.25) is 0 Å². The molecule has 0 atom stereocenters. The third-order valence-electron chi connectivity index (χ3n) is 3.55. The van der Waals surface area contributed by atoms with E-state index in [0.717, 1.165) is 20.8 Å². The minimum atomic E-state index is -0.572. The summed E-state index contributed by atoms with van der Waals surface area (Å²) >= 11 is 1.51. The van der Waals surface area contributed by atoms with Crippen molar-refractivity contribution < 1.29 is 4.39 Å². The van der Waals surface area contributed by atoms with Crippen LogP contribution < -0.4 is 5.56 Å². The monoisotopic (exact) mass is 302 g/mol. The highest BCUT2D eigenvalue weighted by atomic mass is 32.1. The third-order valence-corrected chi connectivity index (χ3v) is 4.55. The van der Waals surface area contributed by atoms with Crippen molar-refractivity contribution in [2.45, 2.75) is 20.4 Å². The lowest BCUT2D eigenvalue weighted by Gasteiger charge is -2.08. The first-order chi connectivity index (χ1) is 10.1. The van der Waals surface area contributed by atoms with E-state index in [-0.39, 0.29) is 12.1 Å². The van der Waals surface area contributed by atoms with E-state index >= 15 is 0 Å². The molecule has 0 unspecified atom stereocenters. The number of aromatic nitrogens is 2. The molecule has 0 aliphatic rings. The Morgan fingerprint density at radius 2 is 1.95 bits per heavy atom. The second kappa shape index (κ2) is 5.41. The third kappa shape index (κ3) is 2.27. The van der Waals surface area contributed by atoms with Crippen LogP contribution in [0.3, 0.4) is 0 Å². The van der Waals surface area contributed by atoms with Gasteiger partial charge in [0.25, 0.3) is 5.56 Å². The number of fused-ring (bicyclic) bond motifs is 1. The SMILES string of the molecule is Cc1sc2nc(C)n(CCF)c(=O)c2c1-c1ccccc1. The first-order valence-electron chi connectivity index (χ1n) is 6.75. The first-order valence-corrected chi connectivity index (χ1v) is 7.57. The Morgan fingerprint density at radius 1 is 1.24 bits per heavy atom. The van der Waals surface area contributed by atoms with Gasteiger partial charge in [-0.05, 0) is 19.4 Å².